The molecule has 0 bridgehead atoms. The topological polar surface area (TPSA) is 23.6 Å². The molecule has 0 saturated carbocycles. The van der Waals surface area contributed by atoms with E-state index in [4.69, 9.17) is 0 Å². The van der Waals surface area contributed by atoms with Crippen molar-refractivity contribution in [1.29, 1.82) is 0 Å². The van der Waals surface area contributed by atoms with Gasteiger partial charge in [0.05, 0.1) is 11.4 Å². The first-order valence-electron chi connectivity index (χ1n) is 6.74. The number of hydrogen-bond donors (Lipinski definition) is 0. The molecule has 0 unspecified atom stereocenters. The molecule has 1 heterocycles. The number of anilines is 2. The monoisotopic (exact) mass is 264 g/mol. The largest absolute Gasteiger partial charge is 0.268 e. The molecule has 0 fully saturated rings. The lowest BCUT2D eigenvalue weighted by molar-refractivity contribution is -0.126. The number of benzene rings is 2. The summed E-state index contributed by atoms with van der Waals surface area (Å²) in [4.78, 5) is 12.2. The Morgan fingerprint density at radius 2 is 1.40 bits per heavy atom. The molecule has 0 aromatic heterocycles. The van der Waals surface area contributed by atoms with Crippen molar-refractivity contribution in [1.82, 2.24) is 5.01 Å². The Hall–Kier alpha value is -2.55. The standard InChI is InChI=1S/C17H16N2O/c20-17-13-7-8-14-18(17)19(15-9-3-1-4-10-15)16-11-5-2-6-12-16/h1-7,9-13H,8,14H2. The number of nitrogens with zero attached hydrogens (tertiary/aromatic N) is 2. The lowest BCUT2D eigenvalue weighted by Crippen LogP contribution is -2.45. The van der Waals surface area contributed by atoms with Crippen LogP contribution in [-0.4, -0.2) is 17.5 Å². The maximum Gasteiger partial charge on any atom is 0.265 e. The molecule has 0 N–H and O–H groups in total. The maximum atomic E-state index is 12.2. The van der Waals surface area contributed by atoms with Gasteiger partial charge in [-0.1, -0.05) is 42.5 Å². The Kier molecular flexibility index (Phi) is 3.50. The number of carbonyl (C=O) groups is 1. The molecule has 100 valence electrons. The van der Waals surface area contributed by atoms with Gasteiger partial charge in [0.15, 0.2) is 0 Å². The van der Waals surface area contributed by atoms with Gasteiger partial charge in [-0.05, 0) is 30.7 Å². The van der Waals surface area contributed by atoms with Crippen LogP contribution in [0.3, 0.4) is 0 Å². The summed E-state index contributed by atoms with van der Waals surface area (Å²) in [5.41, 5.74) is 1.98. The highest BCUT2D eigenvalue weighted by molar-refractivity contribution is 5.90. The summed E-state index contributed by atoms with van der Waals surface area (Å²) in [5, 5.41) is 3.76. The Morgan fingerprint density at radius 3 is 1.90 bits per heavy atom. The lowest BCUT2D eigenvalue weighted by atomic mass is 10.2. The fourth-order valence-corrected chi connectivity index (χ4v) is 2.34. The van der Waals surface area contributed by atoms with E-state index in [2.05, 4.69) is 0 Å². The lowest BCUT2D eigenvalue weighted by Gasteiger charge is -2.37. The van der Waals surface area contributed by atoms with Gasteiger partial charge in [-0.25, -0.2) is 5.01 Å². The van der Waals surface area contributed by atoms with Gasteiger partial charge in [0.2, 0.25) is 0 Å². The van der Waals surface area contributed by atoms with Crippen LogP contribution < -0.4 is 5.01 Å². The highest BCUT2D eigenvalue weighted by Crippen LogP contribution is 2.28. The van der Waals surface area contributed by atoms with Crippen molar-refractivity contribution in [3.63, 3.8) is 0 Å². The molecule has 0 spiro atoms. The highest BCUT2D eigenvalue weighted by atomic mass is 16.2. The minimum absolute atomic E-state index is 0.0176. The van der Waals surface area contributed by atoms with Crippen LogP contribution in [0.2, 0.25) is 0 Å². The Bertz CT molecular complexity index is 568. The quantitative estimate of drug-likeness (QED) is 0.846. The smallest absolute Gasteiger partial charge is 0.265 e. The van der Waals surface area contributed by atoms with Crippen LogP contribution >= 0.6 is 0 Å². The second kappa shape index (κ2) is 5.61. The van der Waals surface area contributed by atoms with Gasteiger partial charge in [0, 0.05) is 12.6 Å². The molecule has 0 aliphatic carbocycles. The predicted molar refractivity (Wildman–Crippen MR) is 80.5 cm³/mol. The van der Waals surface area contributed by atoms with Gasteiger partial charge >= 0.3 is 0 Å². The van der Waals surface area contributed by atoms with E-state index >= 15 is 0 Å². The van der Waals surface area contributed by atoms with E-state index in [-0.39, 0.29) is 5.91 Å². The highest BCUT2D eigenvalue weighted by Gasteiger charge is 2.23. The number of hydrogen-bond acceptors (Lipinski definition) is 2. The van der Waals surface area contributed by atoms with Crippen molar-refractivity contribution in [2.75, 3.05) is 11.6 Å². The van der Waals surface area contributed by atoms with E-state index in [1.165, 1.54) is 0 Å². The average Bonchev–Trinajstić information content (AvgIpc) is 2.52. The van der Waals surface area contributed by atoms with E-state index in [0.29, 0.717) is 6.54 Å². The molecule has 1 amide bonds. The molecule has 1 aliphatic heterocycles. The van der Waals surface area contributed by atoms with Crippen LogP contribution in [0.4, 0.5) is 11.4 Å². The Morgan fingerprint density at radius 1 is 0.850 bits per heavy atom. The van der Waals surface area contributed by atoms with Crippen molar-refractivity contribution in [2.45, 2.75) is 6.42 Å². The summed E-state index contributed by atoms with van der Waals surface area (Å²) in [6, 6.07) is 19.9. The molecular formula is C17H16N2O. The predicted octanol–water partition coefficient (Wildman–Crippen LogP) is 3.53. The van der Waals surface area contributed by atoms with Crippen LogP contribution in [-0.2, 0) is 4.79 Å². The van der Waals surface area contributed by atoms with Crippen LogP contribution in [0.5, 0.6) is 0 Å². The summed E-state index contributed by atoms with van der Waals surface area (Å²) >= 11 is 0. The van der Waals surface area contributed by atoms with Crippen LogP contribution in [0.25, 0.3) is 0 Å². The summed E-state index contributed by atoms with van der Waals surface area (Å²) < 4.78 is 0. The Balaban J connectivity index is 2.04. The summed E-state index contributed by atoms with van der Waals surface area (Å²) in [6.45, 7) is 0.694. The maximum absolute atomic E-state index is 12.2. The van der Waals surface area contributed by atoms with Crippen molar-refractivity contribution >= 4 is 17.3 Å². The molecular weight excluding hydrogens is 248 g/mol. The normalized spacial score (nSPS) is 14.4. The third-order valence-corrected chi connectivity index (χ3v) is 3.27. The van der Waals surface area contributed by atoms with Gasteiger partial charge in [-0.2, -0.15) is 0 Å². The fraction of sp³-hybridized carbons (Fsp3) is 0.118. The molecule has 0 saturated heterocycles. The minimum atomic E-state index is 0.0176. The Labute approximate surface area is 118 Å². The molecule has 20 heavy (non-hydrogen) atoms. The van der Waals surface area contributed by atoms with Gasteiger partial charge in [0.25, 0.3) is 5.91 Å². The first kappa shape index (κ1) is 12.5. The molecule has 1 aliphatic rings. The van der Waals surface area contributed by atoms with Crippen LogP contribution in [0.15, 0.2) is 72.8 Å². The number of hydrazine groups is 1. The van der Waals surface area contributed by atoms with Crippen molar-refractivity contribution < 1.29 is 4.79 Å². The molecule has 0 radical (unpaired) electrons. The zero-order valence-electron chi connectivity index (χ0n) is 11.1. The van der Waals surface area contributed by atoms with Gasteiger partial charge < -0.3 is 0 Å². The number of rotatable bonds is 3. The van der Waals surface area contributed by atoms with Crippen molar-refractivity contribution in [3.05, 3.63) is 72.8 Å². The van der Waals surface area contributed by atoms with E-state index in [9.17, 15) is 4.79 Å². The third kappa shape index (κ3) is 2.43. The van der Waals surface area contributed by atoms with Crippen LogP contribution in [0.1, 0.15) is 6.42 Å². The average molecular weight is 264 g/mol. The SMILES string of the molecule is O=C1C=CCCN1N(c1ccccc1)c1ccccc1. The fourth-order valence-electron chi connectivity index (χ4n) is 2.34. The zero-order valence-corrected chi connectivity index (χ0v) is 11.1. The molecule has 0 atom stereocenters. The van der Waals surface area contributed by atoms with Gasteiger partial charge in [-0.15, -0.1) is 0 Å². The van der Waals surface area contributed by atoms with E-state index in [1.54, 1.807) is 11.1 Å². The van der Waals surface area contributed by atoms with E-state index in [0.717, 1.165) is 17.8 Å². The number of carbonyl (C=O) groups excluding carboxylic acids is 1. The van der Waals surface area contributed by atoms with E-state index < -0.39 is 0 Å². The van der Waals surface area contributed by atoms with Gasteiger partial charge in [-0.3, -0.25) is 9.80 Å². The van der Waals surface area contributed by atoms with Crippen molar-refractivity contribution in [3.8, 4) is 0 Å². The molecule has 2 aromatic carbocycles. The molecule has 3 heteroatoms. The number of amides is 1. The van der Waals surface area contributed by atoms with E-state index in [1.807, 2.05) is 71.7 Å². The van der Waals surface area contributed by atoms with Gasteiger partial charge in [0.1, 0.15) is 0 Å². The first-order chi connectivity index (χ1) is 9.86. The molecule has 3 nitrogen and oxygen atoms in total. The molecule has 3 rings (SSSR count). The second-order valence-electron chi connectivity index (χ2n) is 4.64. The molecule has 2 aromatic rings. The summed E-state index contributed by atoms with van der Waals surface area (Å²) in [5.74, 6) is 0.0176. The summed E-state index contributed by atoms with van der Waals surface area (Å²) in [6.07, 6.45) is 4.44. The minimum Gasteiger partial charge on any atom is -0.268 e. The summed E-state index contributed by atoms with van der Waals surface area (Å²) in [7, 11) is 0. The van der Waals surface area contributed by atoms with Crippen molar-refractivity contribution in [2.24, 2.45) is 0 Å². The first-order valence-corrected chi connectivity index (χ1v) is 6.74. The zero-order chi connectivity index (χ0) is 13.8. The third-order valence-electron chi connectivity index (χ3n) is 3.27. The number of para-hydroxylation sites is 2. The van der Waals surface area contributed by atoms with Crippen LogP contribution in [0, 0.1) is 0 Å². The second-order valence-corrected chi connectivity index (χ2v) is 4.64.